The highest BCUT2D eigenvalue weighted by Gasteiger charge is 2.38. The van der Waals surface area contributed by atoms with Gasteiger partial charge in [-0.05, 0) is 82.6 Å². The van der Waals surface area contributed by atoms with Gasteiger partial charge in [0.15, 0.2) is 0 Å². The summed E-state index contributed by atoms with van der Waals surface area (Å²) in [5.74, 6) is 3.10. The third-order valence-corrected chi connectivity index (χ3v) is 8.28. The van der Waals surface area contributed by atoms with E-state index >= 15 is 0 Å². The lowest BCUT2D eigenvalue weighted by molar-refractivity contribution is -0.0528. The number of nitrogens with zero attached hydrogens (tertiary/aromatic N) is 2. The molecule has 0 amide bonds. The average Bonchev–Trinajstić information content (AvgIpc) is 2.94. The van der Waals surface area contributed by atoms with E-state index in [-0.39, 0.29) is 0 Å². The van der Waals surface area contributed by atoms with E-state index in [0.29, 0.717) is 18.5 Å². The predicted octanol–water partition coefficient (Wildman–Crippen LogP) is 6.51. The molecule has 1 aliphatic carbocycles. The summed E-state index contributed by atoms with van der Waals surface area (Å²) < 4.78 is 0. The molecule has 2 fully saturated rings. The summed E-state index contributed by atoms with van der Waals surface area (Å²) in [7, 11) is 2.06. The molecule has 2 aliphatic rings. The fourth-order valence-electron chi connectivity index (χ4n) is 5.81. The van der Waals surface area contributed by atoms with E-state index in [1.54, 1.807) is 0 Å². The highest BCUT2D eigenvalue weighted by Crippen LogP contribution is 2.41. The van der Waals surface area contributed by atoms with Crippen molar-refractivity contribution >= 4 is 0 Å². The molecule has 1 heterocycles. The summed E-state index contributed by atoms with van der Waals surface area (Å²) in [4.78, 5) is 4.74. The minimum Gasteiger partial charge on any atom is -0.385 e. The Morgan fingerprint density at radius 1 is 0.944 bits per heavy atom. The van der Waals surface area contributed by atoms with Gasteiger partial charge in [-0.15, -0.1) is 6.42 Å². The van der Waals surface area contributed by atoms with Crippen LogP contribution in [0, 0.1) is 18.3 Å². The van der Waals surface area contributed by atoms with E-state index in [2.05, 4.69) is 84.3 Å². The lowest BCUT2D eigenvalue weighted by Crippen LogP contribution is -2.41. The number of hydrogen-bond donors (Lipinski definition) is 1. The Morgan fingerprint density at radius 2 is 1.53 bits per heavy atom. The van der Waals surface area contributed by atoms with E-state index in [0.717, 1.165) is 24.9 Å². The fraction of sp³-hybridized carbons (Fsp3) is 0.576. The Bertz CT molecular complexity index is 881. The third kappa shape index (κ3) is 8.77. The standard InChI is InChI=1S/C20H31NO.C13H17N/c22-20(18-10-4-1-5-11-18,19-12-6-2-7-13-19)14-17-21-15-8-3-9-16-21;1-4-10-14(3)12(2)11-13-8-6-5-7-9-13/h1,4-5,10-11,19,22H,2-3,6-9,12-17H2;1,5-9,12H,10-11H2,2-3H3. The molecule has 1 aliphatic heterocycles. The van der Waals surface area contributed by atoms with Crippen LogP contribution in [0.2, 0.25) is 0 Å². The van der Waals surface area contributed by atoms with Gasteiger partial charge in [-0.3, -0.25) is 4.90 Å². The van der Waals surface area contributed by atoms with E-state index < -0.39 is 5.60 Å². The Kier molecular flexibility index (Phi) is 12.0. The molecule has 2 aromatic carbocycles. The van der Waals surface area contributed by atoms with Crippen LogP contribution in [0.15, 0.2) is 60.7 Å². The summed E-state index contributed by atoms with van der Waals surface area (Å²) >= 11 is 0. The molecular formula is C33H48N2O. The number of benzene rings is 2. The van der Waals surface area contributed by atoms with Crippen molar-refractivity contribution in [3.8, 4) is 12.3 Å². The van der Waals surface area contributed by atoms with Crippen molar-refractivity contribution in [2.75, 3.05) is 33.2 Å². The molecule has 3 nitrogen and oxygen atoms in total. The normalized spacial score (nSPS) is 19.5. The molecule has 0 bridgehead atoms. The number of aliphatic hydroxyl groups is 1. The van der Waals surface area contributed by atoms with Gasteiger partial charge in [0.05, 0.1) is 12.1 Å². The number of likely N-dealkylation sites (tertiary alicyclic amines) is 1. The van der Waals surface area contributed by atoms with Crippen LogP contribution in [0.4, 0.5) is 0 Å². The van der Waals surface area contributed by atoms with Gasteiger partial charge < -0.3 is 10.0 Å². The SMILES string of the molecule is C#CCN(C)C(C)Cc1ccccc1.OC(CCN1CCCCC1)(c1ccccc1)C1CCCCC1. The van der Waals surface area contributed by atoms with Gasteiger partial charge in [-0.25, -0.2) is 0 Å². The van der Waals surface area contributed by atoms with Crippen molar-refractivity contribution in [1.29, 1.82) is 0 Å². The monoisotopic (exact) mass is 488 g/mol. The van der Waals surface area contributed by atoms with E-state index in [4.69, 9.17) is 6.42 Å². The molecule has 0 spiro atoms. The topological polar surface area (TPSA) is 26.7 Å². The number of piperidine rings is 1. The summed E-state index contributed by atoms with van der Waals surface area (Å²) in [5.41, 5.74) is 1.88. The zero-order valence-corrected chi connectivity index (χ0v) is 22.7. The molecule has 36 heavy (non-hydrogen) atoms. The van der Waals surface area contributed by atoms with Crippen LogP contribution in [0.1, 0.15) is 75.8 Å². The van der Waals surface area contributed by atoms with E-state index in [1.807, 2.05) is 6.07 Å². The van der Waals surface area contributed by atoms with Gasteiger partial charge in [0.2, 0.25) is 0 Å². The maximum absolute atomic E-state index is 11.6. The molecule has 0 aromatic heterocycles. The molecule has 2 atom stereocenters. The second kappa shape index (κ2) is 15.2. The minimum atomic E-state index is -0.626. The second-order valence-electron chi connectivity index (χ2n) is 10.9. The average molecular weight is 489 g/mol. The van der Waals surface area contributed by atoms with Gasteiger partial charge in [0.25, 0.3) is 0 Å². The molecule has 3 heteroatoms. The molecule has 2 unspecified atom stereocenters. The first-order valence-electron chi connectivity index (χ1n) is 14.2. The Balaban J connectivity index is 0.000000223. The first kappa shape index (κ1) is 28.5. The van der Waals surface area contributed by atoms with Gasteiger partial charge in [-0.1, -0.05) is 92.3 Å². The predicted molar refractivity (Wildman–Crippen MR) is 153 cm³/mol. The van der Waals surface area contributed by atoms with Gasteiger partial charge in [0.1, 0.15) is 0 Å². The Morgan fingerprint density at radius 3 is 2.14 bits per heavy atom. The smallest absolute Gasteiger partial charge is 0.0936 e. The zero-order valence-electron chi connectivity index (χ0n) is 22.7. The van der Waals surface area contributed by atoms with Crippen LogP contribution in [0.25, 0.3) is 0 Å². The highest BCUT2D eigenvalue weighted by molar-refractivity contribution is 5.23. The van der Waals surface area contributed by atoms with Crippen LogP contribution < -0.4 is 0 Å². The molecule has 1 saturated carbocycles. The lowest BCUT2D eigenvalue weighted by atomic mass is 9.71. The van der Waals surface area contributed by atoms with Crippen LogP contribution >= 0.6 is 0 Å². The van der Waals surface area contributed by atoms with Crippen molar-refractivity contribution in [1.82, 2.24) is 9.80 Å². The van der Waals surface area contributed by atoms with Crippen LogP contribution in [-0.4, -0.2) is 54.2 Å². The summed E-state index contributed by atoms with van der Waals surface area (Å²) in [6, 6.07) is 21.4. The Labute approximate surface area is 220 Å². The Hall–Kier alpha value is -2.12. The second-order valence-corrected chi connectivity index (χ2v) is 10.9. The quantitative estimate of drug-likeness (QED) is 0.407. The van der Waals surface area contributed by atoms with Crippen LogP contribution in [0.5, 0.6) is 0 Å². The van der Waals surface area contributed by atoms with Crippen molar-refractivity contribution < 1.29 is 5.11 Å². The fourth-order valence-corrected chi connectivity index (χ4v) is 5.81. The molecule has 1 saturated heterocycles. The molecule has 0 radical (unpaired) electrons. The summed E-state index contributed by atoms with van der Waals surface area (Å²) in [6.45, 7) is 6.39. The van der Waals surface area contributed by atoms with Gasteiger partial charge >= 0.3 is 0 Å². The van der Waals surface area contributed by atoms with Gasteiger partial charge in [-0.2, -0.15) is 0 Å². The van der Waals surface area contributed by atoms with Crippen LogP contribution in [-0.2, 0) is 12.0 Å². The first-order valence-corrected chi connectivity index (χ1v) is 14.2. The maximum Gasteiger partial charge on any atom is 0.0936 e. The molecule has 196 valence electrons. The first-order chi connectivity index (χ1) is 17.5. The van der Waals surface area contributed by atoms with E-state index in [9.17, 15) is 5.11 Å². The summed E-state index contributed by atoms with van der Waals surface area (Å²) in [6.07, 6.45) is 17.5. The van der Waals surface area contributed by atoms with Gasteiger partial charge in [0, 0.05) is 12.6 Å². The number of hydrogen-bond acceptors (Lipinski definition) is 3. The molecule has 4 rings (SSSR count). The van der Waals surface area contributed by atoms with Crippen molar-refractivity contribution in [3.63, 3.8) is 0 Å². The molecule has 1 N–H and O–H groups in total. The van der Waals surface area contributed by atoms with Crippen molar-refractivity contribution in [3.05, 3.63) is 71.8 Å². The van der Waals surface area contributed by atoms with Crippen molar-refractivity contribution in [2.24, 2.45) is 5.92 Å². The number of likely N-dealkylation sites (N-methyl/N-ethyl adjacent to an activating group) is 1. The molecule has 2 aromatic rings. The van der Waals surface area contributed by atoms with Crippen LogP contribution in [0.3, 0.4) is 0 Å². The zero-order chi connectivity index (χ0) is 25.6. The molecular weight excluding hydrogens is 440 g/mol. The minimum absolute atomic E-state index is 0.438. The lowest BCUT2D eigenvalue weighted by Gasteiger charge is -2.40. The van der Waals surface area contributed by atoms with E-state index in [1.165, 1.54) is 70.0 Å². The highest BCUT2D eigenvalue weighted by atomic mass is 16.3. The van der Waals surface area contributed by atoms with Crippen molar-refractivity contribution in [2.45, 2.75) is 82.8 Å². The largest absolute Gasteiger partial charge is 0.385 e. The maximum atomic E-state index is 11.6. The number of terminal acetylenes is 1. The number of rotatable bonds is 9. The third-order valence-electron chi connectivity index (χ3n) is 8.28. The summed E-state index contributed by atoms with van der Waals surface area (Å²) in [5, 5.41) is 11.6.